The topological polar surface area (TPSA) is 54.0 Å². The maximum absolute atomic E-state index is 11.7. The summed E-state index contributed by atoms with van der Waals surface area (Å²) in [6.07, 6.45) is -0.286. The minimum Gasteiger partial charge on any atom is -0.493 e. The SMILES string of the molecule is COc1cc([C@H]2OC(=O)[C@H](C)[C@@H]2C)cc(OC)c1OC. The Kier molecular flexibility index (Phi) is 4.06. The van der Waals surface area contributed by atoms with E-state index in [9.17, 15) is 4.79 Å². The van der Waals surface area contributed by atoms with Crippen molar-refractivity contribution in [1.29, 1.82) is 0 Å². The number of benzene rings is 1. The summed E-state index contributed by atoms with van der Waals surface area (Å²) in [5.41, 5.74) is 0.852. The van der Waals surface area contributed by atoms with Crippen molar-refractivity contribution in [1.82, 2.24) is 0 Å². The molecule has 0 amide bonds. The lowest BCUT2D eigenvalue weighted by Gasteiger charge is -2.19. The van der Waals surface area contributed by atoms with Gasteiger partial charge in [-0.1, -0.05) is 13.8 Å². The molecule has 2 rings (SSSR count). The molecule has 0 unspecified atom stereocenters. The number of hydrogen-bond acceptors (Lipinski definition) is 5. The average Bonchev–Trinajstić information content (AvgIpc) is 2.73. The number of carbonyl (C=O) groups excluding carboxylic acids is 1. The number of carbonyl (C=O) groups is 1. The van der Waals surface area contributed by atoms with E-state index in [2.05, 4.69) is 0 Å². The van der Waals surface area contributed by atoms with Crippen molar-refractivity contribution < 1.29 is 23.7 Å². The number of hydrogen-bond donors (Lipinski definition) is 0. The first-order chi connectivity index (χ1) is 9.53. The molecule has 1 saturated heterocycles. The lowest BCUT2D eigenvalue weighted by Crippen LogP contribution is -2.10. The van der Waals surface area contributed by atoms with Gasteiger partial charge in [-0.3, -0.25) is 4.79 Å². The zero-order valence-corrected chi connectivity index (χ0v) is 12.4. The largest absolute Gasteiger partial charge is 0.493 e. The first-order valence-electron chi connectivity index (χ1n) is 6.53. The Morgan fingerprint density at radius 1 is 1.00 bits per heavy atom. The minimum atomic E-state index is -0.286. The number of methoxy groups -OCH3 is 3. The summed E-state index contributed by atoms with van der Waals surface area (Å²) in [4.78, 5) is 11.7. The molecule has 20 heavy (non-hydrogen) atoms. The third-order valence-electron chi connectivity index (χ3n) is 3.90. The van der Waals surface area contributed by atoms with Gasteiger partial charge < -0.3 is 18.9 Å². The van der Waals surface area contributed by atoms with E-state index in [1.54, 1.807) is 21.3 Å². The summed E-state index contributed by atoms with van der Waals surface area (Å²) in [5.74, 6) is 1.47. The number of cyclic esters (lactones) is 1. The number of rotatable bonds is 4. The molecule has 1 aliphatic rings. The van der Waals surface area contributed by atoms with E-state index in [-0.39, 0.29) is 23.9 Å². The Balaban J connectivity index is 2.45. The summed E-state index contributed by atoms with van der Waals surface area (Å²) < 4.78 is 21.4. The summed E-state index contributed by atoms with van der Waals surface area (Å²) >= 11 is 0. The van der Waals surface area contributed by atoms with Crippen molar-refractivity contribution in [2.75, 3.05) is 21.3 Å². The third kappa shape index (κ3) is 2.28. The van der Waals surface area contributed by atoms with Crippen LogP contribution < -0.4 is 14.2 Å². The van der Waals surface area contributed by atoms with Crippen LogP contribution in [-0.4, -0.2) is 27.3 Å². The third-order valence-corrected chi connectivity index (χ3v) is 3.90. The predicted molar refractivity (Wildman–Crippen MR) is 73.3 cm³/mol. The highest BCUT2D eigenvalue weighted by molar-refractivity contribution is 5.75. The van der Waals surface area contributed by atoms with Crippen LogP contribution in [0.25, 0.3) is 0 Å². The van der Waals surface area contributed by atoms with Crippen LogP contribution in [0.3, 0.4) is 0 Å². The second-order valence-electron chi connectivity index (χ2n) is 4.96. The van der Waals surface area contributed by atoms with Gasteiger partial charge in [0.25, 0.3) is 0 Å². The molecule has 1 aromatic carbocycles. The van der Waals surface area contributed by atoms with Crippen LogP contribution in [0, 0.1) is 11.8 Å². The molecule has 1 heterocycles. The quantitative estimate of drug-likeness (QED) is 0.793. The van der Waals surface area contributed by atoms with Crippen molar-refractivity contribution in [2.45, 2.75) is 20.0 Å². The van der Waals surface area contributed by atoms with Crippen LogP contribution in [0.1, 0.15) is 25.5 Å². The maximum atomic E-state index is 11.7. The van der Waals surface area contributed by atoms with Gasteiger partial charge in [0.05, 0.1) is 27.2 Å². The lowest BCUT2D eigenvalue weighted by molar-refractivity contribution is -0.144. The van der Waals surface area contributed by atoms with Crippen LogP contribution in [0.2, 0.25) is 0 Å². The Hall–Kier alpha value is -1.91. The van der Waals surface area contributed by atoms with Crippen molar-refractivity contribution in [3.63, 3.8) is 0 Å². The second-order valence-corrected chi connectivity index (χ2v) is 4.96. The Bertz CT molecular complexity index is 486. The van der Waals surface area contributed by atoms with Crippen LogP contribution >= 0.6 is 0 Å². The van der Waals surface area contributed by atoms with E-state index < -0.39 is 0 Å². The van der Waals surface area contributed by atoms with E-state index in [0.717, 1.165) is 5.56 Å². The predicted octanol–water partition coefficient (Wildman–Crippen LogP) is 2.58. The summed E-state index contributed by atoms with van der Waals surface area (Å²) in [6.45, 7) is 3.88. The van der Waals surface area contributed by atoms with Crippen LogP contribution in [-0.2, 0) is 9.53 Å². The first-order valence-corrected chi connectivity index (χ1v) is 6.53. The molecule has 110 valence electrons. The van der Waals surface area contributed by atoms with Gasteiger partial charge in [0.15, 0.2) is 11.5 Å². The highest BCUT2D eigenvalue weighted by atomic mass is 16.6. The molecule has 1 aromatic rings. The summed E-state index contributed by atoms with van der Waals surface area (Å²) in [6, 6.07) is 3.65. The van der Waals surface area contributed by atoms with E-state index in [0.29, 0.717) is 17.2 Å². The van der Waals surface area contributed by atoms with Crippen LogP contribution in [0.15, 0.2) is 12.1 Å². The van der Waals surface area contributed by atoms with Gasteiger partial charge in [0.1, 0.15) is 6.10 Å². The van der Waals surface area contributed by atoms with Crippen molar-refractivity contribution in [3.05, 3.63) is 17.7 Å². The van der Waals surface area contributed by atoms with Gasteiger partial charge in [-0.2, -0.15) is 0 Å². The fourth-order valence-corrected chi connectivity index (χ4v) is 2.45. The normalized spacial score (nSPS) is 25.2. The first kappa shape index (κ1) is 14.5. The monoisotopic (exact) mass is 280 g/mol. The fraction of sp³-hybridized carbons (Fsp3) is 0.533. The molecule has 3 atom stereocenters. The fourth-order valence-electron chi connectivity index (χ4n) is 2.45. The molecule has 1 aliphatic heterocycles. The lowest BCUT2D eigenvalue weighted by atomic mass is 9.90. The van der Waals surface area contributed by atoms with Crippen molar-refractivity contribution >= 4 is 5.97 Å². The molecule has 0 aromatic heterocycles. The molecule has 0 aliphatic carbocycles. The van der Waals surface area contributed by atoms with Gasteiger partial charge >= 0.3 is 5.97 Å². The standard InChI is InChI=1S/C15H20O5/c1-8-9(2)15(16)20-13(8)10-6-11(17-3)14(19-5)12(7-10)18-4/h6-9,13H,1-5H3/t8-,9+,13-/m0/s1. The molecule has 0 saturated carbocycles. The zero-order chi connectivity index (χ0) is 14.9. The Labute approximate surface area is 118 Å². The van der Waals surface area contributed by atoms with Crippen molar-refractivity contribution in [2.24, 2.45) is 11.8 Å². The Morgan fingerprint density at radius 2 is 1.55 bits per heavy atom. The second kappa shape index (κ2) is 5.61. The molecule has 0 radical (unpaired) electrons. The van der Waals surface area contributed by atoms with E-state index in [1.165, 1.54) is 0 Å². The van der Waals surface area contributed by atoms with Gasteiger partial charge in [-0.15, -0.1) is 0 Å². The molecule has 0 bridgehead atoms. The van der Waals surface area contributed by atoms with Crippen molar-refractivity contribution in [3.8, 4) is 17.2 Å². The zero-order valence-electron chi connectivity index (χ0n) is 12.4. The van der Waals surface area contributed by atoms with Crippen LogP contribution in [0.4, 0.5) is 0 Å². The number of ether oxygens (including phenoxy) is 4. The summed E-state index contributed by atoms with van der Waals surface area (Å²) in [7, 11) is 4.68. The van der Waals surface area contributed by atoms with Crippen LogP contribution in [0.5, 0.6) is 17.2 Å². The van der Waals surface area contributed by atoms with E-state index in [1.807, 2.05) is 26.0 Å². The molecule has 0 spiro atoms. The molecule has 5 heteroatoms. The Morgan fingerprint density at radius 3 is 1.90 bits per heavy atom. The van der Waals surface area contributed by atoms with Gasteiger partial charge in [-0.25, -0.2) is 0 Å². The van der Waals surface area contributed by atoms with Gasteiger partial charge in [0, 0.05) is 11.5 Å². The highest BCUT2D eigenvalue weighted by Crippen LogP contribution is 2.45. The molecule has 5 nitrogen and oxygen atoms in total. The molecular formula is C15H20O5. The maximum Gasteiger partial charge on any atom is 0.309 e. The number of esters is 1. The minimum absolute atomic E-state index is 0.102. The average molecular weight is 280 g/mol. The van der Waals surface area contributed by atoms with E-state index >= 15 is 0 Å². The van der Waals surface area contributed by atoms with Gasteiger partial charge in [-0.05, 0) is 12.1 Å². The smallest absolute Gasteiger partial charge is 0.309 e. The molecule has 0 N–H and O–H groups in total. The van der Waals surface area contributed by atoms with E-state index in [4.69, 9.17) is 18.9 Å². The highest BCUT2D eigenvalue weighted by Gasteiger charge is 2.40. The summed E-state index contributed by atoms with van der Waals surface area (Å²) in [5, 5.41) is 0. The van der Waals surface area contributed by atoms with Gasteiger partial charge in [0.2, 0.25) is 5.75 Å². The molecule has 1 fully saturated rings. The molecular weight excluding hydrogens is 260 g/mol.